The van der Waals surface area contributed by atoms with Crippen LogP contribution in [-0.2, 0) is 0 Å². The van der Waals surface area contributed by atoms with Gasteiger partial charge in [0.05, 0.1) is 0 Å². The van der Waals surface area contributed by atoms with Crippen molar-refractivity contribution in [2.45, 2.75) is 32.2 Å². The summed E-state index contributed by atoms with van der Waals surface area (Å²) in [6.07, 6.45) is 2.35. The summed E-state index contributed by atoms with van der Waals surface area (Å²) in [6.45, 7) is 2.09. The van der Waals surface area contributed by atoms with Gasteiger partial charge in [0.15, 0.2) is 5.78 Å². The van der Waals surface area contributed by atoms with Crippen LogP contribution in [-0.4, -0.2) is 11.8 Å². The quantitative estimate of drug-likeness (QED) is 0.814. The summed E-state index contributed by atoms with van der Waals surface area (Å²) in [7, 11) is 0. The summed E-state index contributed by atoms with van der Waals surface area (Å²) in [6, 6.07) is 13.8. The summed E-state index contributed by atoms with van der Waals surface area (Å²) in [5, 5.41) is 2.13. The van der Waals surface area contributed by atoms with Crippen molar-refractivity contribution in [2.75, 3.05) is 0 Å². The number of ketones is 1. The van der Waals surface area contributed by atoms with Gasteiger partial charge < -0.3 is 5.73 Å². The lowest BCUT2D eigenvalue weighted by Crippen LogP contribution is -2.23. The number of carbonyl (C=O) groups is 1. The Morgan fingerprint density at radius 1 is 1.17 bits per heavy atom. The lowest BCUT2D eigenvalue weighted by atomic mass is 9.96. The minimum atomic E-state index is -0.0264. The second-order valence-electron chi connectivity index (χ2n) is 4.70. The molecule has 0 aliphatic rings. The Morgan fingerprint density at radius 3 is 2.67 bits per heavy atom. The number of Topliss-reactive ketones (excluding diaryl/α,β-unsaturated/α-hetero) is 1. The van der Waals surface area contributed by atoms with E-state index in [2.05, 4.69) is 6.92 Å². The van der Waals surface area contributed by atoms with E-state index < -0.39 is 0 Å². The monoisotopic (exact) mass is 241 g/mol. The number of rotatable bonds is 5. The van der Waals surface area contributed by atoms with Gasteiger partial charge in [-0.05, 0) is 17.2 Å². The third-order valence-electron chi connectivity index (χ3n) is 3.20. The van der Waals surface area contributed by atoms with Crippen molar-refractivity contribution < 1.29 is 4.79 Å². The molecule has 18 heavy (non-hydrogen) atoms. The molecule has 0 saturated heterocycles. The molecule has 0 radical (unpaired) electrons. The Kier molecular flexibility index (Phi) is 4.11. The Labute approximate surface area is 108 Å². The first-order chi connectivity index (χ1) is 8.72. The summed E-state index contributed by atoms with van der Waals surface area (Å²) in [5.74, 6) is 0.146. The van der Waals surface area contributed by atoms with Crippen molar-refractivity contribution >= 4 is 16.6 Å². The normalized spacial score (nSPS) is 12.6. The molecule has 2 rings (SSSR count). The second kappa shape index (κ2) is 5.78. The van der Waals surface area contributed by atoms with Gasteiger partial charge in [0.1, 0.15) is 0 Å². The van der Waals surface area contributed by atoms with Crippen LogP contribution in [0, 0.1) is 0 Å². The van der Waals surface area contributed by atoms with Crippen LogP contribution >= 0.6 is 0 Å². The molecular weight excluding hydrogens is 222 g/mol. The third-order valence-corrected chi connectivity index (χ3v) is 3.20. The van der Waals surface area contributed by atoms with E-state index in [-0.39, 0.29) is 11.8 Å². The Balaban J connectivity index is 2.28. The highest BCUT2D eigenvalue weighted by Gasteiger charge is 2.13. The fraction of sp³-hybridized carbons (Fsp3) is 0.312. The van der Waals surface area contributed by atoms with E-state index >= 15 is 0 Å². The fourth-order valence-corrected chi connectivity index (χ4v) is 2.29. The molecular formula is C16H19NO. The molecule has 0 heterocycles. The van der Waals surface area contributed by atoms with Gasteiger partial charge in [-0.2, -0.15) is 0 Å². The molecule has 0 aliphatic carbocycles. The minimum Gasteiger partial charge on any atom is -0.327 e. The zero-order valence-electron chi connectivity index (χ0n) is 10.7. The maximum atomic E-state index is 12.3. The van der Waals surface area contributed by atoms with Crippen LogP contribution in [0.5, 0.6) is 0 Å². The summed E-state index contributed by atoms with van der Waals surface area (Å²) < 4.78 is 0. The maximum Gasteiger partial charge on any atom is 0.165 e. The first kappa shape index (κ1) is 12.8. The van der Waals surface area contributed by atoms with Gasteiger partial charge in [0, 0.05) is 18.0 Å². The molecule has 2 nitrogen and oxygen atoms in total. The lowest BCUT2D eigenvalue weighted by molar-refractivity contribution is 0.0975. The fourth-order valence-electron chi connectivity index (χ4n) is 2.29. The predicted octanol–water partition coefficient (Wildman–Crippen LogP) is 3.54. The Bertz CT molecular complexity index is 542. The molecule has 0 bridgehead atoms. The van der Waals surface area contributed by atoms with Crippen molar-refractivity contribution in [3.63, 3.8) is 0 Å². The smallest absolute Gasteiger partial charge is 0.165 e. The molecule has 2 aromatic carbocycles. The van der Waals surface area contributed by atoms with Crippen LogP contribution in [0.3, 0.4) is 0 Å². The molecule has 0 saturated carbocycles. The number of carbonyl (C=O) groups excluding carboxylic acids is 1. The Hall–Kier alpha value is -1.67. The maximum absolute atomic E-state index is 12.3. The van der Waals surface area contributed by atoms with Crippen LogP contribution < -0.4 is 5.73 Å². The van der Waals surface area contributed by atoms with Crippen molar-refractivity contribution in [1.29, 1.82) is 0 Å². The first-order valence-corrected chi connectivity index (χ1v) is 6.49. The second-order valence-corrected chi connectivity index (χ2v) is 4.70. The van der Waals surface area contributed by atoms with E-state index in [1.54, 1.807) is 0 Å². The van der Waals surface area contributed by atoms with Crippen molar-refractivity contribution in [3.8, 4) is 0 Å². The molecule has 0 aliphatic heterocycles. The lowest BCUT2D eigenvalue weighted by Gasteiger charge is -2.10. The van der Waals surface area contributed by atoms with E-state index in [1.807, 2.05) is 42.5 Å². The summed E-state index contributed by atoms with van der Waals surface area (Å²) >= 11 is 0. The highest BCUT2D eigenvalue weighted by Crippen LogP contribution is 2.20. The zero-order valence-corrected chi connectivity index (χ0v) is 10.7. The average molecular weight is 241 g/mol. The van der Waals surface area contributed by atoms with Crippen LogP contribution in [0.1, 0.15) is 36.5 Å². The van der Waals surface area contributed by atoms with Crippen LogP contribution in [0.15, 0.2) is 42.5 Å². The van der Waals surface area contributed by atoms with E-state index in [4.69, 9.17) is 5.73 Å². The van der Waals surface area contributed by atoms with Crippen molar-refractivity contribution in [2.24, 2.45) is 5.73 Å². The standard InChI is InChI=1S/C16H19NO/c1-2-6-13(17)11-16(18)15-10-5-8-12-7-3-4-9-14(12)15/h3-5,7-10,13H,2,6,11,17H2,1H3. The van der Waals surface area contributed by atoms with Gasteiger partial charge in [0.25, 0.3) is 0 Å². The number of benzene rings is 2. The van der Waals surface area contributed by atoms with Crippen LogP contribution in [0.25, 0.3) is 10.8 Å². The van der Waals surface area contributed by atoms with E-state index in [0.717, 1.165) is 29.2 Å². The number of hydrogen-bond donors (Lipinski definition) is 1. The molecule has 1 atom stereocenters. The van der Waals surface area contributed by atoms with Gasteiger partial charge in [-0.3, -0.25) is 4.79 Å². The summed E-state index contributed by atoms with van der Waals surface area (Å²) in [4.78, 5) is 12.3. The highest BCUT2D eigenvalue weighted by atomic mass is 16.1. The molecule has 1 unspecified atom stereocenters. The Morgan fingerprint density at radius 2 is 1.89 bits per heavy atom. The van der Waals surface area contributed by atoms with Gasteiger partial charge in [-0.25, -0.2) is 0 Å². The molecule has 0 fully saturated rings. The van der Waals surface area contributed by atoms with Gasteiger partial charge >= 0.3 is 0 Å². The highest BCUT2D eigenvalue weighted by molar-refractivity contribution is 6.08. The van der Waals surface area contributed by atoms with Crippen molar-refractivity contribution in [3.05, 3.63) is 48.0 Å². The minimum absolute atomic E-state index is 0.0264. The molecule has 0 amide bonds. The first-order valence-electron chi connectivity index (χ1n) is 6.49. The number of hydrogen-bond acceptors (Lipinski definition) is 2. The van der Waals surface area contributed by atoms with Gasteiger partial charge in [0.2, 0.25) is 0 Å². The molecule has 2 N–H and O–H groups in total. The van der Waals surface area contributed by atoms with Crippen molar-refractivity contribution in [1.82, 2.24) is 0 Å². The SMILES string of the molecule is CCCC(N)CC(=O)c1cccc2ccccc12. The average Bonchev–Trinajstić information content (AvgIpc) is 2.38. The summed E-state index contributed by atoms with van der Waals surface area (Å²) in [5.41, 5.74) is 6.74. The topological polar surface area (TPSA) is 43.1 Å². The largest absolute Gasteiger partial charge is 0.327 e. The van der Waals surface area contributed by atoms with Crippen LogP contribution in [0.2, 0.25) is 0 Å². The van der Waals surface area contributed by atoms with Gasteiger partial charge in [-0.1, -0.05) is 55.8 Å². The molecule has 2 aromatic rings. The molecule has 0 spiro atoms. The van der Waals surface area contributed by atoms with E-state index in [0.29, 0.717) is 6.42 Å². The van der Waals surface area contributed by atoms with E-state index in [1.165, 1.54) is 0 Å². The predicted molar refractivity (Wildman–Crippen MR) is 75.8 cm³/mol. The molecule has 2 heteroatoms. The number of fused-ring (bicyclic) bond motifs is 1. The third kappa shape index (κ3) is 2.77. The van der Waals surface area contributed by atoms with Crippen LogP contribution in [0.4, 0.5) is 0 Å². The van der Waals surface area contributed by atoms with E-state index in [9.17, 15) is 4.79 Å². The van der Waals surface area contributed by atoms with Gasteiger partial charge in [-0.15, -0.1) is 0 Å². The molecule has 0 aromatic heterocycles. The zero-order chi connectivity index (χ0) is 13.0. The number of nitrogens with two attached hydrogens (primary N) is 1. The molecule has 94 valence electrons.